The van der Waals surface area contributed by atoms with Gasteiger partial charge in [-0.2, -0.15) is 0 Å². The third kappa shape index (κ3) is 2.18. The highest BCUT2D eigenvalue weighted by atomic mass is 35.5. The van der Waals surface area contributed by atoms with Gasteiger partial charge in [0.2, 0.25) is 0 Å². The first-order chi connectivity index (χ1) is 12.2. The van der Waals surface area contributed by atoms with Crippen molar-refractivity contribution >= 4 is 29.1 Å². The molecule has 1 unspecified atom stereocenters. The van der Waals surface area contributed by atoms with Crippen molar-refractivity contribution in [3.05, 3.63) is 33.7 Å². The van der Waals surface area contributed by atoms with Crippen LogP contribution in [0.5, 0.6) is 0 Å². The van der Waals surface area contributed by atoms with Crippen LogP contribution in [0, 0.1) is 22.7 Å². The Morgan fingerprint density at radius 1 is 1.38 bits per heavy atom. The summed E-state index contributed by atoms with van der Waals surface area (Å²) in [6, 6.07) is 0. The van der Waals surface area contributed by atoms with Crippen molar-refractivity contribution in [1.82, 2.24) is 0 Å². The second kappa shape index (κ2) is 5.96. The average molecular weight is 397 g/mol. The van der Waals surface area contributed by atoms with Crippen molar-refractivity contribution in [2.24, 2.45) is 22.7 Å². The van der Waals surface area contributed by atoms with Gasteiger partial charge in [0.25, 0.3) is 0 Å². The number of thioether (sulfide) groups is 1. The number of halogens is 2. The first-order valence-electron chi connectivity index (χ1n) is 9.51. The van der Waals surface area contributed by atoms with Gasteiger partial charge in [-0.3, -0.25) is 4.79 Å². The van der Waals surface area contributed by atoms with E-state index in [-0.39, 0.29) is 23.0 Å². The smallest absolute Gasteiger partial charge is 0.178 e. The maximum Gasteiger partial charge on any atom is 0.178 e. The number of carbonyl (C=O) groups excluding carboxylic acids is 1. The van der Waals surface area contributed by atoms with Gasteiger partial charge in [-0.15, -0.1) is 11.8 Å². The largest absolute Gasteiger partial charge is 0.390 e. The quantitative estimate of drug-likeness (QED) is 0.699. The molecular weight excluding hydrogens is 371 g/mol. The standard InChI is InChI=1S/C21H26ClFO2S/c1-4-26-18-16(22)10-15-14-6-5-12-9-13(24)7-8-20(12,3)21(14,23)17(25)11-19(15,18)2/h7-9,14-15,17,25H,4-6,10-11H2,1-3H3/t14-,15-,17-,19-,20-,21?/m0/s1. The Morgan fingerprint density at radius 3 is 2.81 bits per heavy atom. The molecule has 4 rings (SSSR count). The van der Waals surface area contributed by atoms with E-state index >= 15 is 4.39 Å². The summed E-state index contributed by atoms with van der Waals surface area (Å²) in [5, 5.41) is 12.0. The zero-order valence-electron chi connectivity index (χ0n) is 15.5. The van der Waals surface area contributed by atoms with Crippen molar-refractivity contribution in [3.8, 4) is 0 Å². The molecule has 0 spiro atoms. The van der Waals surface area contributed by atoms with Gasteiger partial charge in [0.15, 0.2) is 11.5 Å². The van der Waals surface area contributed by atoms with Gasteiger partial charge in [0.1, 0.15) is 0 Å². The van der Waals surface area contributed by atoms with E-state index in [0.717, 1.165) is 21.3 Å². The monoisotopic (exact) mass is 396 g/mol. The number of ketones is 1. The number of aliphatic hydroxyl groups excluding tert-OH is 1. The van der Waals surface area contributed by atoms with Crippen molar-refractivity contribution in [2.45, 2.75) is 58.2 Å². The summed E-state index contributed by atoms with van der Waals surface area (Å²) >= 11 is 8.36. The molecule has 0 aromatic rings. The molecule has 4 aliphatic carbocycles. The van der Waals surface area contributed by atoms with Crippen LogP contribution >= 0.6 is 23.4 Å². The van der Waals surface area contributed by atoms with Gasteiger partial charge >= 0.3 is 0 Å². The number of aliphatic hydroxyl groups is 1. The molecule has 2 fully saturated rings. The van der Waals surface area contributed by atoms with Gasteiger partial charge in [0.05, 0.1) is 6.10 Å². The minimum atomic E-state index is -1.76. The van der Waals surface area contributed by atoms with Crippen LogP contribution in [-0.4, -0.2) is 28.4 Å². The Balaban J connectivity index is 1.80. The zero-order valence-corrected chi connectivity index (χ0v) is 17.1. The molecule has 0 amide bonds. The van der Waals surface area contributed by atoms with Crippen LogP contribution in [0.3, 0.4) is 0 Å². The molecule has 0 aromatic heterocycles. The van der Waals surface area contributed by atoms with Crippen molar-refractivity contribution < 1.29 is 14.3 Å². The van der Waals surface area contributed by atoms with E-state index in [1.807, 2.05) is 6.92 Å². The molecule has 1 N–H and O–H groups in total. The van der Waals surface area contributed by atoms with Crippen LogP contribution in [0.2, 0.25) is 0 Å². The predicted molar refractivity (Wildman–Crippen MR) is 105 cm³/mol. The second-order valence-corrected chi connectivity index (χ2v) is 10.4. The number of hydrogen-bond donors (Lipinski definition) is 1. The SMILES string of the molecule is CCSC1=C(Cl)C[C@H]2[C@@H]3CCC4=CC(=O)C=C[C@]4(C)C3(F)[C@@H](O)C[C@]12C. The summed E-state index contributed by atoms with van der Waals surface area (Å²) in [6.07, 6.45) is 6.11. The minimum absolute atomic E-state index is 0.0816. The van der Waals surface area contributed by atoms with E-state index in [1.54, 1.807) is 23.9 Å². The number of fused-ring (bicyclic) bond motifs is 5. The molecule has 0 radical (unpaired) electrons. The third-order valence-corrected chi connectivity index (χ3v) is 9.23. The Kier molecular flexibility index (Phi) is 4.30. The molecule has 0 bridgehead atoms. The lowest BCUT2D eigenvalue weighted by Gasteiger charge is -2.61. The van der Waals surface area contributed by atoms with E-state index in [4.69, 9.17) is 11.6 Å². The Hall–Kier alpha value is -0.580. The highest BCUT2D eigenvalue weighted by molar-refractivity contribution is 8.03. The first-order valence-corrected chi connectivity index (χ1v) is 10.9. The van der Waals surface area contributed by atoms with E-state index < -0.39 is 17.2 Å². The summed E-state index contributed by atoms with van der Waals surface area (Å²) in [5.41, 5.74) is -2.12. The van der Waals surface area contributed by atoms with Crippen LogP contribution in [0.25, 0.3) is 0 Å². The summed E-state index contributed by atoms with van der Waals surface area (Å²) in [5.74, 6) is 0.675. The molecule has 0 saturated heterocycles. The normalized spacial score (nSPS) is 47.4. The fourth-order valence-corrected chi connectivity index (χ4v) is 7.82. The zero-order chi connectivity index (χ0) is 18.9. The molecule has 0 aromatic carbocycles. The topological polar surface area (TPSA) is 37.3 Å². The summed E-state index contributed by atoms with van der Waals surface area (Å²) in [7, 11) is 0. The lowest BCUT2D eigenvalue weighted by Crippen LogP contribution is -2.66. The number of carbonyl (C=O) groups is 1. The van der Waals surface area contributed by atoms with Crippen LogP contribution in [0.1, 0.15) is 46.5 Å². The molecule has 6 atom stereocenters. The van der Waals surface area contributed by atoms with Crippen molar-refractivity contribution in [3.63, 3.8) is 0 Å². The van der Waals surface area contributed by atoms with Crippen molar-refractivity contribution in [1.29, 1.82) is 0 Å². The Bertz CT molecular complexity index is 759. The highest BCUT2D eigenvalue weighted by Gasteiger charge is 2.69. The summed E-state index contributed by atoms with van der Waals surface area (Å²) < 4.78 is 16.8. The van der Waals surface area contributed by atoms with Crippen molar-refractivity contribution in [2.75, 3.05) is 5.75 Å². The number of rotatable bonds is 2. The van der Waals surface area contributed by atoms with E-state index in [9.17, 15) is 9.90 Å². The van der Waals surface area contributed by atoms with E-state index in [0.29, 0.717) is 25.7 Å². The average Bonchev–Trinajstić information content (AvgIpc) is 2.82. The molecule has 2 nitrogen and oxygen atoms in total. The maximum atomic E-state index is 16.8. The molecular formula is C21H26ClFO2S. The van der Waals surface area contributed by atoms with Crippen LogP contribution < -0.4 is 0 Å². The minimum Gasteiger partial charge on any atom is -0.390 e. The van der Waals surface area contributed by atoms with Gasteiger partial charge in [-0.25, -0.2) is 4.39 Å². The number of hydrogen-bond acceptors (Lipinski definition) is 3. The third-order valence-electron chi connectivity index (χ3n) is 7.48. The van der Waals surface area contributed by atoms with Gasteiger partial charge in [0, 0.05) is 26.7 Å². The van der Waals surface area contributed by atoms with Gasteiger partial charge in [-0.1, -0.05) is 37.1 Å². The fraction of sp³-hybridized carbons (Fsp3) is 0.667. The highest BCUT2D eigenvalue weighted by Crippen LogP contribution is 2.70. The maximum absolute atomic E-state index is 16.8. The lowest BCUT2D eigenvalue weighted by molar-refractivity contribution is -0.184. The molecule has 5 heteroatoms. The molecule has 4 aliphatic rings. The first kappa shape index (κ1) is 18.8. The molecule has 0 heterocycles. The van der Waals surface area contributed by atoms with Crippen LogP contribution in [0.15, 0.2) is 33.7 Å². The fourth-order valence-electron chi connectivity index (χ4n) is 6.18. The predicted octanol–water partition coefficient (Wildman–Crippen LogP) is 5.17. The van der Waals surface area contributed by atoms with E-state index in [1.165, 1.54) is 6.08 Å². The molecule has 142 valence electrons. The summed E-state index contributed by atoms with van der Waals surface area (Å²) in [4.78, 5) is 13.0. The Morgan fingerprint density at radius 2 is 2.12 bits per heavy atom. The number of alkyl halides is 1. The van der Waals surface area contributed by atoms with Crippen LogP contribution in [-0.2, 0) is 4.79 Å². The summed E-state index contributed by atoms with van der Waals surface area (Å²) in [6.45, 7) is 6.10. The van der Waals surface area contributed by atoms with Gasteiger partial charge in [-0.05, 0) is 56.4 Å². The van der Waals surface area contributed by atoms with E-state index in [2.05, 4.69) is 13.8 Å². The van der Waals surface area contributed by atoms with Gasteiger partial charge < -0.3 is 5.11 Å². The Labute approximate surface area is 163 Å². The molecule has 0 aliphatic heterocycles. The molecule has 2 saturated carbocycles. The van der Waals surface area contributed by atoms with Crippen LogP contribution in [0.4, 0.5) is 4.39 Å². The second-order valence-electron chi connectivity index (χ2n) is 8.64. The number of allylic oxidation sites excluding steroid dienone is 6. The molecule has 26 heavy (non-hydrogen) atoms. The lowest BCUT2D eigenvalue weighted by atomic mass is 9.46.